The highest BCUT2D eigenvalue weighted by atomic mass is 16.7. The van der Waals surface area contributed by atoms with Crippen LogP contribution < -0.4 is 5.32 Å². The first-order valence-corrected chi connectivity index (χ1v) is 13.7. The standard InChI is InChI=1S/C28H43NO6/c1-5-7-9-10-12-18(3)16-19(4)13-14-21(30)29-20-17-28(35-27(20)32-15-11-8-6-2)25-23(33-25)22(31)24-26(28)34-24/h13-14,16,18,20,23-27H,5-12,15,17H2,1-4H3,(H,29,30)/b14-13+,19-16+. The van der Waals surface area contributed by atoms with E-state index in [-0.39, 0.29) is 29.9 Å². The van der Waals surface area contributed by atoms with Gasteiger partial charge in [0.15, 0.2) is 12.1 Å². The minimum Gasteiger partial charge on any atom is -0.358 e. The summed E-state index contributed by atoms with van der Waals surface area (Å²) in [5.41, 5.74) is 0.368. The van der Waals surface area contributed by atoms with E-state index in [2.05, 4.69) is 32.2 Å². The fraction of sp³-hybridized carbons (Fsp3) is 0.786. The largest absolute Gasteiger partial charge is 0.358 e. The number of hydrogen-bond donors (Lipinski definition) is 1. The third kappa shape index (κ3) is 6.24. The Morgan fingerprint density at radius 3 is 2.46 bits per heavy atom. The Bertz CT molecular complexity index is 802. The summed E-state index contributed by atoms with van der Waals surface area (Å²) >= 11 is 0. The first-order chi connectivity index (χ1) is 16.9. The number of unbranched alkanes of at least 4 members (excludes halogenated alkanes) is 5. The second-order valence-electron chi connectivity index (χ2n) is 10.8. The molecule has 7 heteroatoms. The lowest BCUT2D eigenvalue weighted by molar-refractivity contribution is -0.186. The molecule has 0 aromatic rings. The number of nitrogens with one attached hydrogen (secondary N) is 1. The second-order valence-corrected chi connectivity index (χ2v) is 10.8. The molecule has 3 aliphatic heterocycles. The highest BCUT2D eigenvalue weighted by Crippen LogP contribution is 2.57. The fourth-order valence-electron chi connectivity index (χ4n) is 5.62. The monoisotopic (exact) mass is 489 g/mol. The van der Waals surface area contributed by atoms with Crippen molar-refractivity contribution < 1.29 is 28.5 Å². The van der Waals surface area contributed by atoms with Crippen molar-refractivity contribution in [2.45, 2.75) is 128 Å². The van der Waals surface area contributed by atoms with E-state index in [1.54, 1.807) is 6.08 Å². The molecule has 196 valence electrons. The van der Waals surface area contributed by atoms with E-state index in [1.165, 1.54) is 32.1 Å². The third-order valence-corrected chi connectivity index (χ3v) is 7.63. The summed E-state index contributed by atoms with van der Waals surface area (Å²) in [4.78, 5) is 25.0. The van der Waals surface area contributed by atoms with Crippen molar-refractivity contribution >= 4 is 11.7 Å². The molecule has 4 rings (SSSR count). The summed E-state index contributed by atoms with van der Waals surface area (Å²) in [6.07, 6.45) is 13.5. The molecule has 7 nitrogen and oxygen atoms in total. The van der Waals surface area contributed by atoms with Gasteiger partial charge in [-0.25, -0.2) is 0 Å². The Morgan fingerprint density at radius 1 is 1.09 bits per heavy atom. The van der Waals surface area contributed by atoms with Gasteiger partial charge in [-0.05, 0) is 25.7 Å². The highest BCUT2D eigenvalue weighted by molar-refractivity contribution is 5.94. The maximum Gasteiger partial charge on any atom is 0.244 e. The van der Waals surface area contributed by atoms with Crippen LogP contribution in [-0.2, 0) is 28.5 Å². The molecule has 1 amide bonds. The molecule has 1 aliphatic carbocycles. The first kappa shape index (κ1) is 26.5. The van der Waals surface area contributed by atoms with Crippen LogP contribution in [0.1, 0.15) is 85.5 Å². The smallest absolute Gasteiger partial charge is 0.244 e. The molecule has 7 unspecified atom stereocenters. The predicted octanol–water partition coefficient (Wildman–Crippen LogP) is 4.39. The SMILES string of the molecule is CCCCCCC(C)/C=C(C)/C=C/C(=O)NC1CC2(OC1OCCCCC)C1OC1C(=O)C1OC12. The molecule has 1 saturated carbocycles. The Hall–Kier alpha value is -1.54. The van der Waals surface area contributed by atoms with Crippen molar-refractivity contribution in [2.75, 3.05) is 6.61 Å². The number of rotatable bonds is 14. The molecule has 4 aliphatic rings. The van der Waals surface area contributed by atoms with E-state index in [4.69, 9.17) is 18.9 Å². The van der Waals surface area contributed by atoms with Crippen molar-refractivity contribution in [3.8, 4) is 0 Å². The number of amides is 1. The Balaban J connectivity index is 1.33. The summed E-state index contributed by atoms with van der Waals surface area (Å²) in [5, 5.41) is 3.09. The van der Waals surface area contributed by atoms with Gasteiger partial charge in [0.05, 0.1) is 6.04 Å². The molecule has 0 bridgehead atoms. The van der Waals surface area contributed by atoms with Gasteiger partial charge in [0.1, 0.15) is 30.0 Å². The van der Waals surface area contributed by atoms with Crippen molar-refractivity contribution in [2.24, 2.45) is 5.92 Å². The summed E-state index contributed by atoms with van der Waals surface area (Å²) in [5.74, 6) is 0.344. The van der Waals surface area contributed by atoms with Crippen LogP contribution in [0.15, 0.2) is 23.8 Å². The van der Waals surface area contributed by atoms with Crippen LogP contribution in [0, 0.1) is 5.92 Å². The summed E-state index contributed by atoms with van der Waals surface area (Å²) in [6.45, 7) is 9.21. The molecule has 0 aromatic heterocycles. The van der Waals surface area contributed by atoms with Crippen molar-refractivity contribution in [1.29, 1.82) is 0 Å². The zero-order valence-electron chi connectivity index (χ0n) is 21.8. The lowest BCUT2D eigenvalue weighted by Crippen LogP contribution is -2.49. The van der Waals surface area contributed by atoms with Gasteiger partial charge in [0, 0.05) is 19.1 Å². The quantitative estimate of drug-likeness (QED) is 0.168. The number of ketones is 1. The zero-order chi connectivity index (χ0) is 25.0. The van der Waals surface area contributed by atoms with E-state index < -0.39 is 24.1 Å². The van der Waals surface area contributed by atoms with Crippen molar-refractivity contribution in [3.63, 3.8) is 0 Å². The molecular weight excluding hydrogens is 446 g/mol. The molecule has 1 N–H and O–H groups in total. The highest BCUT2D eigenvalue weighted by Gasteiger charge is 2.79. The summed E-state index contributed by atoms with van der Waals surface area (Å²) in [6, 6.07) is -0.321. The van der Waals surface area contributed by atoms with Crippen molar-refractivity contribution in [3.05, 3.63) is 23.8 Å². The summed E-state index contributed by atoms with van der Waals surface area (Å²) in [7, 11) is 0. The average Bonchev–Trinajstić information content (AvgIpc) is 3.75. The number of epoxide rings is 2. The Labute approximate surface area is 210 Å². The molecule has 1 spiro atoms. The van der Waals surface area contributed by atoms with E-state index in [1.807, 2.05) is 13.0 Å². The number of allylic oxidation sites excluding steroid dienone is 3. The molecule has 4 fully saturated rings. The van der Waals surface area contributed by atoms with Gasteiger partial charge in [-0.15, -0.1) is 0 Å². The van der Waals surface area contributed by atoms with E-state index >= 15 is 0 Å². The van der Waals surface area contributed by atoms with Gasteiger partial charge in [-0.3, -0.25) is 9.59 Å². The number of ether oxygens (including phenoxy) is 4. The predicted molar refractivity (Wildman–Crippen MR) is 133 cm³/mol. The van der Waals surface area contributed by atoms with E-state index in [9.17, 15) is 9.59 Å². The van der Waals surface area contributed by atoms with E-state index in [0.717, 1.165) is 24.8 Å². The van der Waals surface area contributed by atoms with Gasteiger partial charge in [-0.1, -0.05) is 77.0 Å². The number of carbonyl (C=O) groups excluding carboxylic acids is 2. The molecular formula is C28H43NO6. The molecule has 0 radical (unpaired) electrons. The average molecular weight is 490 g/mol. The van der Waals surface area contributed by atoms with Crippen LogP contribution >= 0.6 is 0 Å². The number of hydrogen-bond acceptors (Lipinski definition) is 6. The molecule has 3 heterocycles. The first-order valence-electron chi connectivity index (χ1n) is 13.7. The summed E-state index contributed by atoms with van der Waals surface area (Å²) < 4.78 is 23.8. The molecule has 35 heavy (non-hydrogen) atoms. The fourth-order valence-corrected chi connectivity index (χ4v) is 5.62. The van der Waals surface area contributed by atoms with Crippen LogP contribution in [0.3, 0.4) is 0 Å². The van der Waals surface area contributed by atoms with Gasteiger partial charge in [-0.2, -0.15) is 0 Å². The lowest BCUT2D eigenvalue weighted by Gasteiger charge is -2.27. The van der Waals surface area contributed by atoms with Gasteiger partial charge < -0.3 is 24.3 Å². The normalized spacial score (nSPS) is 36.3. The van der Waals surface area contributed by atoms with Crippen LogP contribution in [0.2, 0.25) is 0 Å². The van der Waals surface area contributed by atoms with Gasteiger partial charge >= 0.3 is 0 Å². The number of carbonyl (C=O) groups is 2. The van der Waals surface area contributed by atoms with Crippen LogP contribution in [0.25, 0.3) is 0 Å². The number of Topliss-reactive ketones (excluding diaryl/α,β-unsaturated/α-hetero) is 1. The minimum atomic E-state index is -0.719. The maximum atomic E-state index is 12.8. The van der Waals surface area contributed by atoms with Gasteiger partial charge in [0.25, 0.3) is 0 Å². The Morgan fingerprint density at radius 2 is 1.77 bits per heavy atom. The van der Waals surface area contributed by atoms with Crippen LogP contribution in [-0.4, -0.2) is 60.6 Å². The maximum absolute atomic E-state index is 12.8. The molecule has 7 atom stereocenters. The third-order valence-electron chi connectivity index (χ3n) is 7.63. The second kappa shape index (κ2) is 11.7. The topological polar surface area (TPSA) is 89.7 Å². The minimum absolute atomic E-state index is 0.0203. The Kier molecular flexibility index (Phi) is 8.85. The lowest BCUT2D eigenvalue weighted by atomic mass is 9.81. The van der Waals surface area contributed by atoms with Crippen LogP contribution in [0.4, 0.5) is 0 Å². The molecule has 0 aromatic carbocycles. The number of fused-ring (bicyclic) bond motifs is 4. The zero-order valence-corrected chi connectivity index (χ0v) is 21.8. The van der Waals surface area contributed by atoms with Crippen LogP contribution in [0.5, 0.6) is 0 Å². The molecule has 3 saturated heterocycles. The van der Waals surface area contributed by atoms with Gasteiger partial charge in [0.2, 0.25) is 5.91 Å². The van der Waals surface area contributed by atoms with Crippen molar-refractivity contribution in [1.82, 2.24) is 5.32 Å². The van der Waals surface area contributed by atoms with E-state index in [0.29, 0.717) is 18.9 Å².